The third-order valence-corrected chi connectivity index (χ3v) is 3.11. The molecule has 0 bridgehead atoms. The Bertz CT molecular complexity index is 365. The van der Waals surface area contributed by atoms with E-state index in [0.29, 0.717) is 18.9 Å². The van der Waals surface area contributed by atoms with E-state index in [-0.39, 0.29) is 12.5 Å². The molecule has 1 atom stereocenters. The van der Waals surface area contributed by atoms with Gasteiger partial charge in [-0.1, -0.05) is 19.1 Å². The van der Waals surface area contributed by atoms with E-state index in [0.717, 1.165) is 23.3 Å². The Labute approximate surface area is 114 Å². The van der Waals surface area contributed by atoms with Crippen LogP contribution in [0.15, 0.2) is 29.2 Å². The van der Waals surface area contributed by atoms with Crippen LogP contribution in [0.2, 0.25) is 0 Å². The highest BCUT2D eigenvalue weighted by Gasteiger charge is 2.03. The van der Waals surface area contributed by atoms with Crippen molar-refractivity contribution in [1.82, 2.24) is 5.32 Å². The van der Waals surface area contributed by atoms with Gasteiger partial charge in [-0.3, -0.25) is 4.79 Å². The Kier molecular flexibility index (Phi) is 6.83. The molecule has 0 saturated heterocycles. The Morgan fingerprint density at radius 1 is 1.39 bits per heavy atom. The first-order chi connectivity index (χ1) is 8.61. The Morgan fingerprint density at radius 2 is 2.06 bits per heavy atom. The molecule has 0 aliphatic heterocycles. The molecule has 0 radical (unpaired) electrons. The molecule has 1 rings (SSSR count). The molecule has 0 aromatic heterocycles. The molecule has 4 heteroatoms. The van der Waals surface area contributed by atoms with Gasteiger partial charge in [0.2, 0.25) is 5.91 Å². The van der Waals surface area contributed by atoms with E-state index in [9.17, 15) is 4.79 Å². The van der Waals surface area contributed by atoms with Crippen LogP contribution in [0.25, 0.3) is 0 Å². The highest BCUT2D eigenvalue weighted by molar-refractivity contribution is 7.80. The summed E-state index contributed by atoms with van der Waals surface area (Å²) in [4.78, 5) is 12.5. The number of carbonyl (C=O) groups is 1. The number of thiol groups is 1. The summed E-state index contributed by atoms with van der Waals surface area (Å²) in [5.74, 6) is 0.350. The summed E-state index contributed by atoms with van der Waals surface area (Å²) in [6.45, 7) is 2.89. The maximum Gasteiger partial charge on any atom is 0.224 e. The smallest absolute Gasteiger partial charge is 0.224 e. The molecule has 3 nitrogen and oxygen atoms in total. The van der Waals surface area contributed by atoms with Gasteiger partial charge in [0.25, 0.3) is 0 Å². The lowest BCUT2D eigenvalue weighted by molar-refractivity contribution is -0.120. The fourth-order valence-corrected chi connectivity index (χ4v) is 1.78. The number of rotatable bonds is 7. The van der Waals surface area contributed by atoms with Crippen molar-refractivity contribution in [2.45, 2.75) is 31.1 Å². The lowest BCUT2D eigenvalue weighted by atomic mass is 10.1. The molecule has 18 heavy (non-hydrogen) atoms. The van der Waals surface area contributed by atoms with Crippen LogP contribution in [0.3, 0.4) is 0 Å². The van der Waals surface area contributed by atoms with Gasteiger partial charge in [0.05, 0.1) is 6.42 Å². The second-order valence-corrected chi connectivity index (χ2v) is 5.14. The van der Waals surface area contributed by atoms with Crippen LogP contribution in [-0.4, -0.2) is 24.2 Å². The first-order valence-corrected chi connectivity index (χ1v) is 6.72. The van der Waals surface area contributed by atoms with Gasteiger partial charge < -0.3 is 10.4 Å². The first-order valence-electron chi connectivity index (χ1n) is 6.27. The topological polar surface area (TPSA) is 49.3 Å². The van der Waals surface area contributed by atoms with Crippen molar-refractivity contribution in [3.05, 3.63) is 29.8 Å². The van der Waals surface area contributed by atoms with Crippen LogP contribution in [0.4, 0.5) is 0 Å². The Balaban J connectivity index is 2.19. The number of aliphatic hydroxyl groups excluding tert-OH is 1. The van der Waals surface area contributed by atoms with Crippen molar-refractivity contribution < 1.29 is 9.90 Å². The molecular formula is C14H21NO2S. The average Bonchev–Trinajstić information content (AvgIpc) is 2.37. The van der Waals surface area contributed by atoms with Gasteiger partial charge in [-0.15, -0.1) is 12.6 Å². The standard InChI is InChI=1S/C14H21NO2S/c1-11(10-16)3-2-8-15-14(17)9-12-4-6-13(18)7-5-12/h4-7,11,16,18H,2-3,8-10H2,1H3,(H,15,17). The summed E-state index contributed by atoms with van der Waals surface area (Å²) in [7, 11) is 0. The van der Waals surface area contributed by atoms with E-state index in [2.05, 4.69) is 17.9 Å². The molecule has 0 saturated carbocycles. The summed E-state index contributed by atoms with van der Waals surface area (Å²) >= 11 is 4.20. The highest BCUT2D eigenvalue weighted by Crippen LogP contribution is 2.08. The first kappa shape index (κ1) is 15.1. The van der Waals surface area contributed by atoms with Gasteiger partial charge >= 0.3 is 0 Å². The molecule has 100 valence electrons. The minimum atomic E-state index is 0.0403. The molecule has 1 unspecified atom stereocenters. The van der Waals surface area contributed by atoms with Crippen LogP contribution >= 0.6 is 12.6 Å². The van der Waals surface area contributed by atoms with Gasteiger partial charge in [0.1, 0.15) is 0 Å². The van der Waals surface area contributed by atoms with Crippen molar-refractivity contribution in [3.63, 3.8) is 0 Å². The number of amides is 1. The predicted molar refractivity (Wildman–Crippen MR) is 75.9 cm³/mol. The monoisotopic (exact) mass is 267 g/mol. The van der Waals surface area contributed by atoms with Crippen LogP contribution in [0, 0.1) is 5.92 Å². The largest absolute Gasteiger partial charge is 0.396 e. The summed E-state index contributed by atoms with van der Waals surface area (Å²) in [6, 6.07) is 7.59. The van der Waals surface area contributed by atoms with E-state index in [1.807, 2.05) is 31.2 Å². The zero-order valence-electron chi connectivity index (χ0n) is 10.7. The van der Waals surface area contributed by atoms with E-state index in [1.54, 1.807) is 0 Å². The molecule has 0 heterocycles. The van der Waals surface area contributed by atoms with Crippen molar-refractivity contribution in [2.24, 2.45) is 5.92 Å². The second-order valence-electron chi connectivity index (χ2n) is 4.62. The molecule has 0 fully saturated rings. The van der Waals surface area contributed by atoms with Crippen molar-refractivity contribution in [1.29, 1.82) is 0 Å². The normalized spacial score (nSPS) is 12.2. The molecule has 1 aromatic rings. The number of benzene rings is 1. The number of carbonyl (C=O) groups excluding carboxylic acids is 1. The fraction of sp³-hybridized carbons (Fsp3) is 0.500. The summed E-state index contributed by atoms with van der Waals surface area (Å²) in [5.41, 5.74) is 0.994. The van der Waals surface area contributed by atoms with Crippen LogP contribution < -0.4 is 5.32 Å². The maximum absolute atomic E-state index is 11.6. The summed E-state index contributed by atoms with van der Waals surface area (Å²) < 4.78 is 0. The molecule has 0 spiro atoms. The Hall–Kier alpha value is -1.00. The zero-order valence-corrected chi connectivity index (χ0v) is 11.6. The van der Waals surface area contributed by atoms with Crippen molar-refractivity contribution in [2.75, 3.05) is 13.2 Å². The van der Waals surface area contributed by atoms with Crippen molar-refractivity contribution >= 4 is 18.5 Å². The molecule has 0 aliphatic rings. The quantitative estimate of drug-likeness (QED) is 0.523. The fourth-order valence-electron chi connectivity index (χ4n) is 1.63. The highest BCUT2D eigenvalue weighted by atomic mass is 32.1. The third kappa shape index (κ3) is 6.07. The number of hydrogen-bond acceptors (Lipinski definition) is 3. The molecule has 1 amide bonds. The second kappa shape index (κ2) is 8.16. The van der Waals surface area contributed by atoms with Gasteiger partial charge in [0, 0.05) is 18.0 Å². The van der Waals surface area contributed by atoms with Gasteiger partial charge in [-0.25, -0.2) is 0 Å². The van der Waals surface area contributed by atoms with E-state index in [4.69, 9.17) is 5.11 Å². The number of hydrogen-bond donors (Lipinski definition) is 3. The molecular weight excluding hydrogens is 246 g/mol. The third-order valence-electron chi connectivity index (χ3n) is 2.81. The SMILES string of the molecule is CC(CO)CCCNC(=O)Cc1ccc(S)cc1. The minimum Gasteiger partial charge on any atom is -0.396 e. The lowest BCUT2D eigenvalue weighted by Crippen LogP contribution is -2.26. The Morgan fingerprint density at radius 3 is 2.67 bits per heavy atom. The molecule has 2 N–H and O–H groups in total. The average molecular weight is 267 g/mol. The lowest BCUT2D eigenvalue weighted by Gasteiger charge is -2.08. The van der Waals surface area contributed by atoms with E-state index < -0.39 is 0 Å². The van der Waals surface area contributed by atoms with Gasteiger partial charge in [-0.05, 0) is 36.5 Å². The van der Waals surface area contributed by atoms with Gasteiger partial charge in [0.15, 0.2) is 0 Å². The van der Waals surface area contributed by atoms with Gasteiger partial charge in [-0.2, -0.15) is 0 Å². The van der Waals surface area contributed by atoms with Crippen LogP contribution in [-0.2, 0) is 11.2 Å². The number of nitrogens with one attached hydrogen (secondary N) is 1. The number of aliphatic hydroxyl groups is 1. The van der Waals surface area contributed by atoms with Crippen LogP contribution in [0.5, 0.6) is 0 Å². The molecule has 0 aliphatic carbocycles. The van der Waals surface area contributed by atoms with E-state index in [1.165, 1.54) is 0 Å². The predicted octanol–water partition coefficient (Wildman–Crippen LogP) is 2.04. The van der Waals surface area contributed by atoms with Crippen LogP contribution in [0.1, 0.15) is 25.3 Å². The summed E-state index contributed by atoms with van der Waals surface area (Å²) in [6.07, 6.45) is 2.25. The summed E-state index contributed by atoms with van der Waals surface area (Å²) in [5, 5.41) is 11.8. The van der Waals surface area contributed by atoms with E-state index >= 15 is 0 Å². The maximum atomic E-state index is 11.6. The van der Waals surface area contributed by atoms with Crippen molar-refractivity contribution in [3.8, 4) is 0 Å². The minimum absolute atomic E-state index is 0.0403. The zero-order chi connectivity index (χ0) is 13.4. The molecule has 1 aromatic carbocycles.